The Labute approximate surface area is 153 Å². The maximum atomic E-state index is 12.2. The minimum atomic E-state index is 0.0642. The predicted octanol–water partition coefficient (Wildman–Crippen LogP) is 4.89. The van der Waals surface area contributed by atoms with Gasteiger partial charge >= 0.3 is 0 Å². The number of para-hydroxylation sites is 1. The van der Waals surface area contributed by atoms with Crippen molar-refractivity contribution < 1.29 is 9.53 Å². The summed E-state index contributed by atoms with van der Waals surface area (Å²) in [6.45, 7) is 5.88. The summed E-state index contributed by atoms with van der Waals surface area (Å²) in [5, 5.41) is 4.24. The van der Waals surface area contributed by atoms with Crippen molar-refractivity contribution in [1.82, 2.24) is 0 Å². The van der Waals surface area contributed by atoms with E-state index in [0.717, 1.165) is 16.9 Å². The molecule has 1 heterocycles. The number of benzene rings is 2. The Morgan fingerprint density at radius 1 is 1.20 bits per heavy atom. The summed E-state index contributed by atoms with van der Waals surface area (Å²) in [5.41, 5.74) is 2.97. The molecule has 132 valence electrons. The lowest BCUT2D eigenvalue weighted by atomic mass is 9.82. The van der Waals surface area contributed by atoms with Gasteiger partial charge in [0.05, 0.1) is 18.8 Å². The van der Waals surface area contributed by atoms with Crippen LogP contribution < -0.4 is 15.0 Å². The summed E-state index contributed by atoms with van der Waals surface area (Å²) in [4.78, 5) is 14.1. The molecular weight excluding hydrogens is 336 g/mol. The van der Waals surface area contributed by atoms with E-state index in [1.54, 1.807) is 20.1 Å². The van der Waals surface area contributed by atoms with Crippen molar-refractivity contribution in [3.63, 3.8) is 0 Å². The molecule has 1 N–H and O–H groups in total. The molecule has 2 aromatic carbocycles. The van der Waals surface area contributed by atoms with Crippen molar-refractivity contribution in [3.05, 3.63) is 53.1 Å². The van der Waals surface area contributed by atoms with Gasteiger partial charge < -0.3 is 15.0 Å². The van der Waals surface area contributed by atoms with E-state index in [4.69, 9.17) is 16.3 Å². The van der Waals surface area contributed by atoms with E-state index >= 15 is 0 Å². The zero-order chi connectivity index (χ0) is 18.1. The number of halogens is 1. The van der Waals surface area contributed by atoms with Crippen LogP contribution in [-0.4, -0.2) is 19.1 Å². The lowest BCUT2D eigenvalue weighted by molar-refractivity contribution is -0.117. The number of anilines is 2. The fourth-order valence-corrected chi connectivity index (χ4v) is 3.77. The number of nitrogens with one attached hydrogen (secondary N) is 1. The van der Waals surface area contributed by atoms with E-state index in [1.807, 2.05) is 35.2 Å². The number of carbonyl (C=O) groups excluding carboxylic acids is 1. The van der Waals surface area contributed by atoms with Gasteiger partial charge in [-0.2, -0.15) is 0 Å². The van der Waals surface area contributed by atoms with Gasteiger partial charge in [-0.3, -0.25) is 4.79 Å². The van der Waals surface area contributed by atoms with Crippen molar-refractivity contribution in [2.24, 2.45) is 5.92 Å². The summed E-state index contributed by atoms with van der Waals surface area (Å²) in [6, 6.07) is 13.8. The molecule has 0 saturated carbocycles. The second-order valence-electron chi connectivity index (χ2n) is 6.51. The Morgan fingerprint density at radius 3 is 2.60 bits per heavy atom. The van der Waals surface area contributed by atoms with E-state index in [2.05, 4.69) is 25.2 Å². The highest BCUT2D eigenvalue weighted by molar-refractivity contribution is 6.30. The molecule has 25 heavy (non-hydrogen) atoms. The normalized spacial score (nSPS) is 22.3. The highest BCUT2D eigenvalue weighted by Crippen LogP contribution is 2.43. The molecule has 0 fully saturated rings. The van der Waals surface area contributed by atoms with E-state index in [9.17, 15) is 4.79 Å². The lowest BCUT2D eigenvalue weighted by Crippen LogP contribution is -2.48. The number of carbonyl (C=O) groups is 1. The Hall–Kier alpha value is -2.20. The van der Waals surface area contributed by atoms with E-state index in [0.29, 0.717) is 10.8 Å². The molecular formula is C20H23ClN2O2. The van der Waals surface area contributed by atoms with Crippen LogP contribution in [0.15, 0.2) is 42.5 Å². The second-order valence-corrected chi connectivity index (χ2v) is 6.95. The van der Waals surface area contributed by atoms with Crippen molar-refractivity contribution >= 4 is 28.9 Å². The Kier molecular flexibility index (Phi) is 4.91. The summed E-state index contributed by atoms with van der Waals surface area (Å²) < 4.78 is 5.47. The van der Waals surface area contributed by atoms with Gasteiger partial charge in [-0.1, -0.05) is 36.7 Å². The first-order valence-corrected chi connectivity index (χ1v) is 8.80. The standard InChI is InChI=1S/C20H23ClN2O2/c1-12-13(2)23(14(3)24)18-8-6-5-7-16(18)20(12)22-17-10-9-15(21)11-19(17)25-4/h5-13,20,22H,1-4H3/t12-,13-,20?/m0/s1. The fraction of sp³-hybridized carbons (Fsp3) is 0.350. The molecule has 0 aromatic heterocycles. The molecule has 0 aliphatic carbocycles. The summed E-state index contributed by atoms with van der Waals surface area (Å²) in [6.07, 6.45) is 0. The topological polar surface area (TPSA) is 41.6 Å². The Morgan fingerprint density at radius 2 is 1.92 bits per heavy atom. The SMILES string of the molecule is COc1cc(Cl)ccc1NC1c2ccccc2N(C(C)=O)[C@@H](C)[C@@H]1C. The van der Waals surface area contributed by atoms with E-state index < -0.39 is 0 Å². The molecule has 1 unspecified atom stereocenters. The molecule has 0 saturated heterocycles. The molecule has 1 amide bonds. The molecule has 0 bridgehead atoms. The molecule has 2 aromatic rings. The predicted molar refractivity (Wildman–Crippen MR) is 103 cm³/mol. The van der Waals surface area contributed by atoms with Crippen LogP contribution in [-0.2, 0) is 4.79 Å². The number of methoxy groups -OCH3 is 1. The molecule has 1 aliphatic rings. The third-order valence-corrected chi connectivity index (χ3v) is 5.27. The van der Waals surface area contributed by atoms with Gasteiger partial charge in [-0.25, -0.2) is 0 Å². The van der Waals surface area contributed by atoms with Gasteiger partial charge in [0.25, 0.3) is 0 Å². The molecule has 4 nitrogen and oxygen atoms in total. The molecule has 0 radical (unpaired) electrons. The van der Waals surface area contributed by atoms with Crippen LogP contribution in [0, 0.1) is 5.92 Å². The van der Waals surface area contributed by atoms with Gasteiger partial charge in [0.15, 0.2) is 0 Å². The highest BCUT2D eigenvalue weighted by Gasteiger charge is 2.38. The first-order chi connectivity index (χ1) is 11.9. The number of fused-ring (bicyclic) bond motifs is 1. The smallest absolute Gasteiger partial charge is 0.224 e. The van der Waals surface area contributed by atoms with Crippen LogP contribution in [0.4, 0.5) is 11.4 Å². The quantitative estimate of drug-likeness (QED) is 0.849. The monoisotopic (exact) mass is 358 g/mol. The van der Waals surface area contributed by atoms with Crippen LogP contribution >= 0.6 is 11.6 Å². The largest absolute Gasteiger partial charge is 0.495 e. The fourth-order valence-electron chi connectivity index (χ4n) is 3.60. The number of hydrogen-bond acceptors (Lipinski definition) is 3. The molecule has 0 spiro atoms. The highest BCUT2D eigenvalue weighted by atomic mass is 35.5. The number of nitrogens with zero attached hydrogens (tertiary/aromatic N) is 1. The number of rotatable bonds is 3. The van der Waals surface area contributed by atoms with Crippen molar-refractivity contribution in [2.75, 3.05) is 17.3 Å². The maximum absolute atomic E-state index is 12.2. The number of amides is 1. The van der Waals surface area contributed by atoms with Crippen molar-refractivity contribution in [3.8, 4) is 5.75 Å². The number of ether oxygens (including phenoxy) is 1. The molecule has 5 heteroatoms. The van der Waals surface area contributed by atoms with Crippen LogP contribution in [0.5, 0.6) is 5.75 Å². The Bertz CT molecular complexity index is 793. The van der Waals surface area contributed by atoms with Gasteiger partial charge in [-0.15, -0.1) is 0 Å². The number of hydrogen-bond donors (Lipinski definition) is 1. The van der Waals surface area contributed by atoms with Crippen LogP contribution in [0.3, 0.4) is 0 Å². The zero-order valence-corrected chi connectivity index (χ0v) is 15.7. The molecule has 3 rings (SSSR count). The Balaban J connectivity index is 2.04. The molecule has 3 atom stereocenters. The van der Waals surface area contributed by atoms with Crippen LogP contribution in [0.1, 0.15) is 32.4 Å². The van der Waals surface area contributed by atoms with Gasteiger partial charge in [0.2, 0.25) is 5.91 Å². The second kappa shape index (κ2) is 6.96. The maximum Gasteiger partial charge on any atom is 0.224 e. The third kappa shape index (κ3) is 3.19. The average Bonchev–Trinajstić information content (AvgIpc) is 2.59. The van der Waals surface area contributed by atoms with Crippen LogP contribution in [0.25, 0.3) is 0 Å². The van der Waals surface area contributed by atoms with Gasteiger partial charge in [0, 0.05) is 35.7 Å². The van der Waals surface area contributed by atoms with Gasteiger partial charge in [-0.05, 0) is 30.7 Å². The minimum absolute atomic E-state index is 0.0642. The zero-order valence-electron chi connectivity index (χ0n) is 14.9. The molecule has 1 aliphatic heterocycles. The third-order valence-electron chi connectivity index (χ3n) is 5.04. The van der Waals surface area contributed by atoms with Crippen molar-refractivity contribution in [2.45, 2.75) is 32.9 Å². The summed E-state index contributed by atoms with van der Waals surface area (Å²) >= 11 is 6.07. The first kappa shape index (κ1) is 17.6. The minimum Gasteiger partial charge on any atom is -0.495 e. The van der Waals surface area contributed by atoms with Crippen molar-refractivity contribution in [1.29, 1.82) is 0 Å². The lowest BCUT2D eigenvalue weighted by Gasteiger charge is -2.44. The average molecular weight is 359 g/mol. The van der Waals surface area contributed by atoms with Gasteiger partial charge in [0.1, 0.15) is 5.75 Å². The summed E-state index contributed by atoms with van der Waals surface area (Å²) in [5.74, 6) is 0.993. The first-order valence-electron chi connectivity index (χ1n) is 8.42. The summed E-state index contributed by atoms with van der Waals surface area (Å²) in [7, 11) is 1.63. The van der Waals surface area contributed by atoms with E-state index in [-0.39, 0.29) is 23.9 Å². The van der Waals surface area contributed by atoms with Crippen LogP contribution in [0.2, 0.25) is 5.02 Å². The van der Waals surface area contributed by atoms with E-state index in [1.165, 1.54) is 0 Å².